The minimum Gasteiger partial charge on any atom is -0.481 e. The van der Waals surface area contributed by atoms with E-state index in [1.807, 2.05) is 0 Å². The lowest BCUT2D eigenvalue weighted by Crippen LogP contribution is -2.51. The topological polar surface area (TPSA) is 104 Å². The zero-order valence-corrected chi connectivity index (χ0v) is 15.8. The van der Waals surface area contributed by atoms with Crippen LogP contribution in [0.3, 0.4) is 0 Å². The Hall–Kier alpha value is -1.97. The largest absolute Gasteiger partial charge is 0.481 e. The quantitative estimate of drug-likeness (QED) is 0.789. The first-order valence-corrected chi connectivity index (χ1v) is 10.5. The molecule has 27 heavy (non-hydrogen) atoms. The second-order valence-electron chi connectivity index (χ2n) is 6.89. The summed E-state index contributed by atoms with van der Waals surface area (Å²) < 4.78 is 32.4. The smallest absolute Gasteiger partial charge is 0.306 e. The van der Waals surface area contributed by atoms with E-state index in [-0.39, 0.29) is 30.3 Å². The molecule has 0 saturated carbocycles. The van der Waals surface area contributed by atoms with Crippen molar-refractivity contribution in [3.8, 4) is 0 Å². The van der Waals surface area contributed by atoms with Crippen LogP contribution in [0.5, 0.6) is 0 Å². The van der Waals surface area contributed by atoms with Gasteiger partial charge in [0.25, 0.3) is 0 Å². The molecule has 0 aromatic heterocycles. The van der Waals surface area contributed by atoms with Gasteiger partial charge < -0.3 is 14.7 Å². The first-order valence-electron chi connectivity index (χ1n) is 9.05. The average molecular weight is 396 g/mol. The van der Waals surface area contributed by atoms with E-state index in [0.717, 1.165) is 0 Å². The molecule has 2 atom stereocenters. The number of piperidine rings is 1. The highest BCUT2D eigenvalue weighted by Gasteiger charge is 2.36. The molecule has 148 valence electrons. The number of carboxylic acid groups (broad SMARTS) is 1. The molecule has 0 radical (unpaired) electrons. The third kappa shape index (κ3) is 4.66. The number of hydrogen-bond donors (Lipinski definition) is 1. The molecule has 1 aromatic rings. The number of nitrogens with zero attached hydrogens (tertiary/aromatic N) is 2. The first kappa shape index (κ1) is 19.8. The lowest BCUT2D eigenvalue weighted by Gasteiger charge is -2.37. The number of ether oxygens (including phenoxy) is 1. The molecule has 8 nitrogen and oxygen atoms in total. The SMILES string of the molecule is O=C(O)CC1CN(C(=O)C2CCCN(S(=O)(=O)c3ccccc3)C2)CCO1. The van der Waals surface area contributed by atoms with Crippen LogP contribution in [0, 0.1) is 5.92 Å². The van der Waals surface area contributed by atoms with Crippen molar-refractivity contribution < 1.29 is 27.9 Å². The van der Waals surface area contributed by atoms with Crippen molar-refractivity contribution in [2.75, 3.05) is 32.8 Å². The number of sulfonamides is 1. The Morgan fingerprint density at radius 1 is 1.15 bits per heavy atom. The lowest BCUT2D eigenvalue weighted by atomic mass is 9.97. The second kappa shape index (κ2) is 8.37. The van der Waals surface area contributed by atoms with Gasteiger partial charge in [-0.05, 0) is 25.0 Å². The Morgan fingerprint density at radius 3 is 2.59 bits per heavy atom. The fraction of sp³-hybridized carbons (Fsp3) is 0.556. The van der Waals surface area contributed by atoms with Crippen LogP contribution in [-0.2, 0) is 24.3 Å². The van der Waals surface area contributed by atoms with Crippen LogP contribution in [0.4, 0.5) is 0 Å². The van der Waals surface area contributed by atoms with Gasteiger partial charge in [-0.15, -0.1) is 0 Å². The number of amides is 1. The van der Waals surface area contributed by atoms with Crippen LogP contribution in [0.25, 0.3) is 0 Å². The maximum Gasteiger partial charge on any atom is 0.306 e. The highest BCUT2D eigenvalue weighted by atomic mass is 32.2. The van der Waals surface area contributed by atoms with Crippen molar-refractivity contribution in [3.05, 3.63) is 30.3 Å². The number of carbonyl (C=O) groups is 2. The van der Waals surface area contributed by atoms with Crippen molar-refractivity contribution in [3.63, 3.8) is 0 Å². The van der Waals surface area contributed by atoms with E-state index < -0.39 is 28.0 Å². The van der Waals surface area contributed by atoms with Crippen LogP contribution in [-0.4, -0.2) is 73.5 Å². The number of aliphatic carboxylic acids is 1. The highest BCUT2D eigenvalue weighted by molar-refractivity contribution is 7.89. The Labute approximate surface area is 158 Å². The summed E-state index contributed by atoms with van der Waals surface area (Å²) in [7, 11) is -3.63. The van der Waals surface area contributed by atoms with Crippen LogP contribution >= 0.6 is 0 Å². The standard InChI is InChI=1S/C18H24N2O6S/c21-17(22)11-15-13-19(9-10-26-15)18(23)14-5-4-8-20(12-14)27(24,25)16-6-2-1-3-7-16/h1-3,6-7,14-15H,4-5,8-13H2,(H,21,22). The fourth-order valence-electron chi connectivity index (χ4n) is 3.60. The summed E-state index contributed by atoms with van der Waals surface area (Å²) in [4.78, 5) is 25.6. The maximum absolute atomic E-state index is 12.9. The van der Waals surface area contributed by atoms with Crippen LogP contribution in [0.2, 0.25) is 0 Å². The van der Waals surface area contributed by atoms with Crippen molar-refractivity contribution in [1.29, 1.82) is 0 Å². The zero-order valence-electron chi connectivity index (χ0n) is 15.0. The van der Waals surface area contributed by atoms with Gasteiger partial charge in [-0.2, -0.15) is 4.31 Å². The van der Waals surface area contributed by atoms with Gasteiger partial charge in [-0.1, -0.05) is 18.2 Å². The van der Waals surface area contributed by atoms with Gasteiger partial charge in [0.05, 0.1) is 29.9 Å². The normalized spacial score (nSPS) is 24.5. The summed E-state index contributed by atoms with van der Waals surface area (Å²) in [5, 5.41) is 8.92. The molecular weight excluding hydrogens is 372 g/mol. The minimum absolute atomic E-state index is 0.123. The average Bonchev–Trinajstić information content (AvgIpc) is 2.68. The number of rotatable bonds is 5. The molecular formula is C18H24N2O6S. The number of carboxylic acids is 1. The predicted molar refractivity (Wildman–Crippen MR) is 96.5 cm³/mol. The molecule has 1 N–H and O–H groups in total. The lowest BCUT2D eigenvalue weighted by molar-refractivity contribution is -0.150. The minimum atomic E-state index is -3.63. The molecule has 2 heterocycles. The van der Waals surface area contributed by atoms with E-state index >= 15 is 0 Å². The van der Waals surface area contributed by atoms with Gasteiger partial charge >= 0.3 is 5.97 Å². The van der Waals surface area contributed by atoms with Crippen molar-refractivity contribution in [1.82, 2.24) is 9.21 Å². The molecule has 2 unspecified atom stereocenters. The monoisotopic (exact) mass is 396 g/mol. The summed E-state index contributed by atoms with van der Waals surface area (Å²) >= 11 is 0. The van der Waals surface area contributed by atoms with Gasteiger partial charge in [0.15, 0.2) is 0 Å². The molecule has 9 heteroatoms. The number of morpholine rings is 1. The Morgan fingerprint density at radius 2 is 1.89 bits per heavy atom. The molecule has 0 spiro atoms. The summed E-state index contributed by atoms with van der Waals surface area (Å²) in [5.74, 6) is -1.51. The van der Waals surface area contributed by atoms with E-state index in [9.17, 15) is 18.0 Å². The number of hydrogen-bond acceptors (Lipinski definition) is 5. The molecule has 1 aromatic carbocycles. The van der Waals surface area contributed by atoms with Gasteiger partial charge in [-0.3, -0.25) is 9.59 Å². The van der Waals surface area contributed by atoms with Crippen molar-refractivity contribution in [2.45, 2.75) is 30.3 Å². The molecule has 2 fully saturated rings. The van der Waals surface area contributed by atoms with Crippen molar-refractivity contribution in [2.24, 2.45) is 5.92 Å². The molecule has 1 amide bonds. The Bertz CT molecular complexity index is 782. The fourth-order valence-corrected chi connectivity index (χ4v) is 5.14. The predicted octanol–water partition coefficient (Wildman–Crippen LogP) is 0.789. The van der Waals surface area contributed by atoms with Gasteiger partial charge in [0, 0.05) is 26.2 Å². The number of benzene rings is 1. The zero-order chi connectivity index (χ0) is 19.4. The van der Waals surface area contributed by atoms with E-state index in [0.29, 0.717) is 32.5 Å². The van der Waals surface area contributed by atoms with E-state index in [1.165, 1.54) is 4.31 Å². The molecule has 2 aliphatic rings. The van der Waals surface area contributed by atoms with Crippen LogP contribution in [0.15, 0.2) is 35.2 Å². The van der Waals surface area contributed by atoms with E-state index in [2.05, 4.69) is 0 Å². The van der Waals surface area contributed by atoms with Crippen molar-refractivity contribution >= 4 is 21.9 Å². The van der Waals surface area contributed by atoms with E-state index in [4.69, 9.17) is 9.84 Å². The van der Waals surface area contributed by atoms with Gasteiger partial charge in [0.1, 0.15) is 0 Å². The third-order valence-electron chi connectivity index (χ3n) is 4.97. The summed E-state index contributed by atoms with van der Waals surface area (Å²) in [5.41, 5.74) is 0. The second-order valence-corrected chi connectivity index (χ2v) is 8.83. The summed E-state index contributed by atoms with van der Waals surface area (Å²) in [6.45, 7) is 1.47. The van der Waals surface area contributed by atoms with Crippen LogP contribution in [0.1, 0.15) is 19.3 Å². The molecule has 2 saturated heterocycles. The number of carbonyl (C=O) groups excluding carboxylic acids is 1. The Balaban J connectivity index is 1.67. The van der Waals surface area contributed by atoms with Crippen LogP contribution < -0.4 is 0 Å². The highest BCUT2D eigenvalue weighted by Crippen LogP contribution is 2.25. The third-order valence-corrected chi connectivity index (χ3v) is 6.85. The first-order chi connectivity index (χ1) is 12.9. The van der Waals surface area contributed by atoms with Gasteiger partial charge in [0.2, 0.25) is 15.9 Å². The summed E-state index contributed by atoms with van der Waals surface area (Å²) in [6.07, 6.45) is 0.572. The Kier molecular flexibility index (Phi) is 6.13. The van der Waals surface area contributed by atoms with E-state index in [1.54, 1.807) is 35.2 Å². The molecule has 3 rings (SSSR count). The summed E-state index contributed by atoms with van der Waals surface area (Å²) in [6, 6.07) is 8.22. The molecule has 0 bridgehead atoms. The maximum atomic E-state index is 12.9. The molecule has 2 aliphatic heterocycles. The molecule has 0 aliphatic carbocycles. The van der Waals surface area contributed by atoms with Gasteiger partial charge in [-0.25, -0.2) is 8.42 Å².